The molecule has 4 heteroatoms. The maximum absolute atomic E-state index is 12.6. The third-order valence-corrected chi connectivity index (χ3v) is 2.01. The molecule has 0 N–H and O–H groups in total. The van der Waals surface area contributed by atoms with Crippen molar-refractivity contribution in [2.45, 2.75) is 0 Å². The number of hydrogen-bond donors (Lipinski definition) is 0. The number of benzene rings is 1. The van der Waals surface area contributed by atoms with Gasteiger partial charge in [0.05, 0.1) is 0 Å². The molecule has 2 rings (SSSR count). The third kappa shape index (κ3) is 2.78. The molecule has 0 unspecified atom stereocenters. The van der Waals surface area contributed by atoms with E-state index in [1.165, 1.54) is 12.1 Å². The lowest BCUT2D eigenvalue weighted by Crippen LogP contribution is -1.86. The van der Waals surface area contributed by atoms with Crippen LogP contribution in [-0.4, -0.2) is 10.2 Å². The van der Waals surface area contributed by atoms with E-state index in [1.807, 2.05) is 0 Å². The van der Waals surface area contributed by atoms with E-state index in [1.54, 1.807) is 24.3 Å². The Balaban J connectivity index is 2.21. The molecule has 2 aromatic rings. The first-order valence-electron chi connectivity index (χ1n) is 4.51. The van der Waals surface area contributed by atoms with Crippen LogP contribution in [-0.2, 0) is 0 Å². The first-order valence-corrected chi connectivity index (χ1v) is 4.89. The summed E-state index contributed by atoms with van der Waals surface area (Å²) in [5, 5.41) is 7.77. The summed E-state index contributed by atoms with van der Waals surface area (Å²) in [5.41, 5.74) is 1.24. The van der Waals surface area contributed by atoms with E-state index in [4.69, 9.17) is 11.6 Å². The fourth-order valence-corrected chi connectivity index (χ4v) is 1.15. The molecule has 0 aliphatic rings. The van der Waals surface area contributed by atoms with Gasteiger partial charge < -0.3 is 0 Å². The van der Waals surface area contributed by atoms with Gasteiger partial charge in [-0.25, -0.2) is 4.39 Å². The molecule has 0 aliphatic heterocycles. The van der Waals surface area contributed by atoms with Gasteiger partial charge in [0.15, 0.2) is 5.15 Å². The molecule has 0 saturated heterocycles. The topological polar surface area (TPSA) is 25.8 Å². The van der Waals surface area contributed by atoms with Crippen LogP contribution in [0.25, 0.3) is 0 Å². The largest absolute Gasteiger partial charge is 0.207 e. The SMILES string of the molecule is Fc1ccc(C#Cc2ccc(Cl)nn2)cc1. The van der Waals surface area contributed by atoms with Crippen LogP contribution in [0.1, 0.15) is 11.3 Å². The highest BCUT2D eigenvalue weighted by atomic mass is 35.5. The van der Waals surface area contributed by atoms with E-state index in [-0.39, 0.29) is 5.82 Å². The van der Waals surface area contributed by atoms with Gasteiger partial charge in [0, 0.05) is 5.56 Å². The van der Waals surface area contributed by atoms with Crippen molar-refractivity contribution in [3.05, 3.63) is 58.6 Å². The smallest absolute Gasteiger partial charge is 0.151 e. The molecule has 1 aromatic carbocycles. The molecule has 2 nitrogen and oxygen atoms in total. The number of aromatic nitrogens is 2. The van der Waals surface area contributed by atoms with Gasteiger partial charge in [-0.05, 0) is 42.3 Å². The zero-order chi connectivity index (χ0) is 11.4. The molecule has 1 heterocycles. The number of nitrogens with zero attached hydrogens (tertiary/aromatic N) is 2. The minimum atomic E-state index is -0.281. The quantitative estimate of drug-likeness (QED) is 0.653. The lowest BCUT2D eigenvalue weighted by molar-refractivity contribution is 0.627. The van der Waals surface area contributed by atoms with Crippen LogP contribution in [0.15, 0.2) is 36.4 Å². The molecule has 0 saturated carbocycles. The predicted molar refractivity (Wildman–Crippen MR) is 59.4 cm³/mol. The van der Waals surface area contributed by atoms with Crippen molar-refractivity contribution < 1.29 is 4.39 Å². The van der Waals surface area contributed by atoms with Crippen LogP contribution in [0.5, 0.6) is 0 Å². The van der Waals surface area contributed by atoms with Crippen molar-refractivity contribution >= 4 is 11.6 Å². The highest BCUT2D eigenvalue weighted by Crippen LogP contribution is 2.03. The maximum Gasteiger partial charge on any atom is 0.151 e. The average Bonchev–Trinajstić information content (AvgIpc) is 2.30. The zero-order valence-corrected chi connectivity index (χ0v) is 8.87. The van der Waals surface area contributed by atoms with Crippen LogP contribution < -0.4 is 0 Å². The summed E-state index contributed by atoms with van der Waals surface area (Å²) < 4.78 is 12.6. The van der Waals surface area contributed by atoms with Crippen molar-refractivity contribution in [1.82, 2.24) is 10.2 Å². The van der Waals surface area contributed by atoms with Crippen molar-refractivity contribution in [2.75, 3.05) is 0 Å². The normalized spacial score (nSPS) is 9.38. The maximum atomic E-state index is 12.6. The Morgan fingerprint density at radius 2 is 1.69 bits per heavy atom. The second-order valence-corrected chi connectivity index (χ2v) is 3.39. The van der Waals surface area contributed by atoms with E-state index in [0.717, 1.165) is 5.56 Å². The Bertz CT molecular complexity index is 488. The molecule has 0 radical (unpaired) electrons. The van der Waals surface area contributed by atoms with Crippen molar-refractivity contribution in [1.29, 1.82) is 0 Å². The molecule has 1 aromatic heterocycles. The summed E-state index contributed by atoms with van der Waals surface area (Å²) in [4.78, 5) is 0. The Morgan fingerprint density at radius 3 is 2.31 bits per heavy atom. The van der Waals surface area contributed by atoms with Crippen LogP contribution in [0.2, 0.25) is 5.15 Å². The van der Waals surface area contributed by atoms with E-state index >= 15 is 0 Å². The van der Waals surface area contributed by atoms with Gasteiger partial charge in [0.2, 0.25) is 0 Å². The third-order valence-electron chi connectivity index (χ3n) is 1.81. The Labute approximate surface area is 97.1 Å². The van der Waals surface area contributed by atoms with Crippen LogP contribution in [0.3, 0.4) is 0 Å². The molecule has 0 aliphatic carbocycles. The molecular weight excluding hydrogens is 227 g/mol. The minimum absolute atomic E-state index is 0.281. The fourth-order valence-electron chi connectivity index (χ4n) is 1.05. The lowest BCUT2D eigenvalue weighted by Gasteiger charge is -1.90. The van der Waals surface area contributed by atoms with Crippen LogP contribution in [0.4, 0.5) is 4.39 Å². The van der Waals surface area contributed by atoms with Gasteiger partial charge in [-0.2, -0.15) is 0 Å². The molecular formula is C12H6ClFN2. The molecule has 16 heavy (non-hydrogen) atoms. The summed E-state index contributed by atoms with van der Waals surface area (Å²) in [6.07, 6.45) is 0. The second-order valence-electron chi connectivity index (χ2n) is 3.00. The average molecular weight is 233 g/mol. The summed E-state index contributed by atoms with van der Waals surface area (Å²) >= 11 is 5.58. The van der Waals surface area contributed by atoms with Gasteiger partial charge in [0.25, 0.3) is 0 Å². The number of rotatable bonds is 0. The van der Waals surface area contributed by atoms with Crippen molar-refractivity contribution in [3.8, 4) is 11.8 Å². The first kappa shape index (κ1) is 10.6. The fraction of sp³-hybridized carbons (Fsp3) is 0. The zero-order valence-electron chi connectivity index (χ0n) is 8.11. The summed E-state index contributed by atoms with van der Waals surface area (Å²) in [6.45, 7) is 0. The molecule has 0 fully saturated rings. The molecule has 0 bridgehead atoms. The molecule has 0 amide bonds. The van der Waals surface area contributed by atoms with Crippen LogP contribution >= 0.6 is 11.6 Å². The first-order chi connectivity index (χ1) is 7.74. The van der Waals surface area contributed by atoms with Gasteiger partial charge in [0.1, 0.15) is 11.5 Å². The number of hydrogen-bond acceptors (Lipinski definition) is 2. The highest BCUT2D eigenvalue weighted by Gasteiger charge is 1.91. The Kier molecular flexibility index (Phi) is 3.13. The molecule has 0 atom stereocenters. The van der Waals surface area contributed by atoms with E-state index in [2.05, 4.69) is 22.0 Å². The second kappa shape index (κ2) is 4.73. The van der Waals surface area contributed by atoms with Crippen molar-refractivity contribution in [2.24, 2.45) is 0 Å². The van der Waals surface area contributed by atoms with Gasteiger partial charge >= 0.3 is 0 Å². The summed E-state index contributed by atoms with van der Waals surface area (Å²) in [5.74, 6) is 5.37. The summed E-state index contributed by atoms with van der Waals surface area (Å²) in [7, 11) is 0. The molecule has 0 spiro atoms. The van der Waals surface area contributed by atoms with E-state index < -0.39 is 0 Å². The van der Waals surface area contributed by atoms with Gasteiger partial charge in [-0.3, -0.25) is 0 Å². The van der Waals surface area contributed by atoms with Gasteiger partial charge in [-0.1, -0.05) is 17.5 Å². The molecule has 78 valence electrons. The standard InChI is InChI=1S/C12H6ClFN2/c13-12-8-7-11(15-16-12)6-3-9-1-4-10(14)5-2-9/h1-2,4-5,7-8H. The Hall–Kier alpha value is -1.92. The highest BCUT2D eigenvalue weighted by molar-refractivity contribution is 6.29. The van der Waals surface area contributed by atoms with Crippen molar-refractivity contribution in [3.63, 3.8) is 0 Å². The number of halogens is 2. The van der Waals surface area contributed by atoms with Gasteiger partial charge in [-0.15, -0.1) is 10.2 Å². The minimum Gasteiger partial charge on any atom is -0.207 e. The monoisotopic (exact) mass is 232 g/mol. The van der Waals surface area contributed by atoms with E-state index in [0.29, 0.717) is 10.8 Å². The predicted octanol–water partition coefficient (Wildman–Crippen LogP) is 2.67. The Morgan fingerprint density at radius 1 is 0.938 bits per heavy atom. The summed E-state index contributed by atoms with van der Waals surface area (Å²) in [6, 6.07) is 9.21. The lowest BCUT2D eigenvalue weighted by atomic mass is 10.2. The van der Waals surface area contributed by atoms with Crippen LogP contribution in [0, 0.1) is 17.7 Å². The van der Waals surface area contributed by atoms with E-state index in [9.17, 15) is 4.39 Å².